The highest BCUT2D eigenvalue weighted by Crippen LogP contribution is 2.36. The molecular weight excluding hydrogens is 409 g/mol. The number of alkyl halides is 2. The summed E-state index contributed by atoms with van der Waals surface area (Å²) in [5.74, 6) is -0.461. The van der Waals surface area contributed by atoms with E-state index >= 15 is 0 Å². The van der Waals surface area contributed by atoms with Gasteiger partial charge in [-0.1, -0.05) is 59.6 Å². The van der Waals surface area contributed by atoms with E-state index in [-0.39, 0.29) is 34.6 Å². The summed E-state index contributed by atoms with van der Waals surface area (Å²) in [5.41, 5.74) is 0.986. The standard InChI is InChI=1S/C19H14Cl2F2N4O/c20-13-8-4-7-12(14(13)21)19(28)26-9-10-27-17(24-25-18(27)16(22)23)15(26)11-5-2-1-3-6-11/h1-8,15-16H,9-10H2/t15-/m1/s1. The maximum Gasteiger partial charge on any atom is 0.297 e. The Kier molecular flexibility index (Phi) is 5.03. The fraction of sp³-hybridized carbons (Fsp3) is 0.211. The van der Waals surface area contributed by atoms with Gasteiger partial charge in [0.25, 0.3) is 12.3 Å². The van der Waals surface area contributed by atoms with E-state index < -0.39 is 18.3 Å². The summed E-state index contributed by atoms with van der Waals surface area (Å²) in [6.45, 7) is 0.362. The molecule has 0 fully saturated rings. The van der Waals surface area contributed by atoms with E-state index in [0.717, 1.165) is 5.56 Å². The molecule has 28 heavy (non-hydrogen) atoms. The number of hydrogen-bond donors (Lipinski definition) is 0. The average Bonchev–Trinajstić information content (AvgIpc) is 3.14. The van der Waals surface area contributed by atoms with E-state index in [4.69, 9.17) is 23.2 Å². The van der Waals surface area contributed by atoms with Gasteiger partial charge in [0, 0.05) is 13.1 Å². The minimum Gasteiger partial charge on any atom is -0.322 e. The fourth-order valence-electron chi connectivity index (χ4n) is 3.40. The first-order valence-corrected chi connectivity index (χ1v) is 9.25. The van der Waals surface area contributed by atoms with Crippen LogP contribution in [0.1, 0.15) is 40.0 Å². The highest BCUT2D eigenvalue weighted by Gasteiger charge is 2.37. The number of aromatic nitrogens is 3. The monoisotopic (exact) mass is 422 g/mol. The van der Waals surface area contributed by atoms with Crippen molar-refractivity contribution in [2.24, 2.45) is 0 Å². The van der Waals surface area contributed by atoms with Crippen molar-refractivity contribution in [2.75, 3.05) is 6.54 Å². The first kappa shape index (κ1) is 18.8. The Labute approximate surface area is 169 Å². The van der Waals surface area contributed by atoms with Crippen LogP contribution >= 0.6 is 23.2 Å². The van der Waals surface area contributed by atoms with Gasteiger partial charge >= 0.3 is 0 Å². The highest BCUT2D eigenvalue weighted by atomic mass is 35.5. The normalized spacial score (nSPS) is 16.3. The Morgan fingerprint density at radius 3 is 2.50 bits per heavy atom. The lowest BCUT2D eigenvalue weighted by molar-refractivity contribution is 0.0648. The smallest absolute Gasteiger partial charge is 0.297 e. The molecule has 1 aromatic heterocycles. The first-order chi connectivity index (χ1) is 13.5. The summed E-state index contributed by atoms with van der Waals surface area (Å²) >= 11 is 12.3. The lowest BCUT2D eigenvalue weighted by Crippen LogP contribution is -2.43. The van der Waals surface area contributed by atoms with Crippen LogP contribution in [0.25, 0.3) is 0 Å². The number of benzene rings is 2. The number of carbonyl (C=O) groups is 1. The minimum atomic E-state index is -2.75. The molecule has 2 heterocycles. The molecule has 0 bridgehead atoms. The third kappa shape index (κ3) is 3.14. The number of amides is 1. The molecule has 1 amide bonds. The van der Waals surface area contributed by atoms with Crippen molar-refractivity contribution in [2.45, 2.75) is 19.0 Å². The Balaban J connectivity index is 1.82. The van der Waals surface area contributed by atoms with E-state index in [9.17, 15) is 13.6 Å². The molecule has 0 N–H and O–H groups in total. The van der Waals surface area contributed by atoms with E-state index in [1.807, 2.05) is 30.3 Å². The molecule has 1 aliphatic heterocycles. The van der Waals surface area contributed by atoms with Gasteiger partial charge in [0.1, 0.15) is 6.04 Å². The lowest BCUT2D eigenvalue weighted by atomic mass is 10.0. The van der Waals surface area contributed by atoms with Gasteiger partial charge in [-0.15, -0.1) is 10.2 Å². The SMILES string of the molecule is O=C(c1cccc(Cl)c1Cl)N1CCn2c(C(F)F)nnc2[C@H]1c1ccccc1. The zero-order valence-corrected chi connectivity index (χ0v) is 15.9. The Hall–Kier alpha value is -2.51. The second-order valence-electron chi connectivity index (χ2n) is 6.28. The van der Waals surface area contributed by atoms with Gasteiger partial charge in [0.2, 0.25) is 0 Å². The van der Waals surface area contributed by atoms with Crippen LogP contribution < -0.4 is 0 Å². The van der Waals surface area contributed by atoms with E-state index in [0.29, 0.717) is 5.82 Å². The molecule has 5 nitrogen and oxygen atoms in total. The Morgan fingerprint density at radius 1 is 1.04 bits per heavy atom. The minimum absolute atomic E-state index is 0.154. The number of fused-ring (bicyclic) bond motifs is 1. The van der Waals surface area contributed by atoms with E-state index in [1.165, 1.54) is 4.57 Å². The summed E-state index contributed by atoms with van der Waals surface area (Å²) in [5, 5.41) is 8.05. The fourth-order valence-corrected chi connectivity index (χ4v) is 3.79. The van der Waals surface area contributed by atoms with E-state index in [1.54, 1.807) is 23.1 Å². The molecule has 4 rings (SSSR count). The number of hydrogen-bond acceptors (Lipinski definition) is 3. The second-order valence-corrected chi connectivity index (χ2v) is 7.07. The molecule has 0 aliphatic carbocycles. The largest absolute Gasteiger partial charge is 0.322 e. The third-order valence-corrected chi connectivity index (χ3v) is 5.50. The molecule has 1 atom stereocenters. The van der Waals surface area contributed by atoms with Gasteiger partial charge in [-0.2, -0.15) is 0 Å². The molecular formula is C19H14Cl2F2N4O. The molecule has 9 heteroatoms. The summed E-state index contributed by atoms with van der Waals surface area (Å²) in [6, 6.07) is 13.2. The molecule has 144 valence electrons. The van der Waals surface area contributed by atoms with Crippen LogP contribution in [-0.2, 0) is 6.54 Å². The molecule has 0 saturated heterocycles. The zero-order valence-electron chi connectivity index (χ0n) is 14.4. The average molecular weight is 423 g/mol. The molecule has 2 aromatic carbocycles. The topological polar surface area (TPSA) is 51.0 Å². The van der Waals surface area contributed by atoms with Crippen molar-refractivity contribution in [1.82, 2.24) is 19.7 Å². The number of halogens is 4. The van der Waals surface area contributed by atoms with Crippen molar-refractivity contribution >= 4 is 29.1 Å². The second kappa shape index (κ2) is 7.48. The van der Waals surface area contributed by atoms with Crippen LogP contribution in [0.5, 0.6) is 0 Å². The van der Waals surface area contributed by atoms with Crippen LogP contribution in [0, 0.1) is 0 Å². The van der Waals surface area contributed by atoms with Gasteiger partial charge in [0.15, 0.2) is 11.6 Å². The van der Waals surface area contributed by atoms with Crippen LogP contribution in [0.3, 0.4) is 0 Å². The highest BCUT2D eigenvalue weighted by molar-refractivity contribution is 6.43. The quantitative estimate of drug-likeness (QED) is 0.610. The molecule has 0 radical (unpaired) electrons. The van der Waals surface area contributed by atoms with Crippen molar-refractivity contribution in [1.29, 1.82) is 0 Å². The third-order valence-electron chi connectivity index (χ3n) is 4.68. The summed E-state index contributed by atoms with van der Waals surface area (Å²) in [6.07, 6.45) is -2.75. The molecule has 0 unspecified atom stereocenters. The van der Waals surface area contributed by atoms with Gasteiger partial charge in [-0.3, -0.25) is 4.79 Å². The molecule has 3 aromatic rings. The summed E-state index contributed by atoms with van der Waals surface area (Å²) < 4.78 is 28.0. The van der Waals surface area contributed by atoms with Gasteiger partial charge < -0.3 is 9.47 Å². The molecule has 0 saturated carbocycles. The Bertz CT molecular complexity index is 1030. The zero-order chi connectivity index (χ0) is 19.8. The van der Waals surface area contributed by atoms with Crippen molar-refractivity contribution in [3.63, 3.8) is 0 Å². The maximum absolute atomic E-state index is 13.3. The Morgan fingerprint density at radius 2 is 1.79 bits per heavy atom. The number of rotatable bonds is 3. The summed E-state index contributed by atoms with van der Waals surface area (Å²) in [4.78, 5) is 14.8. The van der Waals surface area contributed by atoms with Gasteiger partial charge in [-0.25, -0.2) is 8.78 Å². The van der Waals surface area contributed by atoms with Gasteiger partial charge in [-0.05, 0) is 17.7 Å². The lowest BCUT2D eigenvalue weighted by Gasteiger charge is -2.36. The maximum atomic E-state index is 13.3. The first-order valence-electron chi connectivity index (χ1n) is 8.50. The van der Waals surface area contributed by atoms with Crippen molar-refractivity contribution in [3.05, 3.63) is 81.4 Å². The predicted octanol–water partition coefficient (Wildman–Crippen LogP) is 4.77. The van der Waals surface area contributed by atoms with Gasteiger partial charge in [0.05, 0.1) is 15.6 Å². The van der Waals surface area contributed by atoms with Crippen LogP contribution in [0.2, 0.25) is 10.0 Å². The molecule has 1 aliphatic rings. The van der Waals surface area contributed by atoms with E-state index in [2.05, 4.69) is 10.2 Å². The number of carbonyl (C=O) groups excluding carboxylic acids is 1. The van der Waals surface area contributed by atoms with Crippen molar-refractivity contribution < 1.29 is 13.6 Å². The number of nitrogens with zero attached hydrogens (tertiary/aromatic N) is 4. The predicted molar refractivity (Wildman–Crippen MR) is 101 cm³/mol. The van der Waals surface area contributed by atoms with Crippen molar-refractivity contribution in [3.8, 4) is 0 Å². The van der Waals surface area contributed by atoms with Crippen LogP contribution in [0.15, 0.2) is 48.5 Å². The summed E-state index contributed by atoms with van der Waals surface area (Å²) in [7, 11) is 0. The van der Waals surface area contributed by atoms with Crippen LogP contribution in [-0.4, -0.2) is 32.1 Å². The van der Waals surface area contributed by atoms with Crippen LogP contribution in [0.4, 0.5) is 8.78 Å². The molecule has 0 spiro atoms.